The van der Waals surface area contributed by atoms with Crippen LogP contribution in [0.3, 0.4) is 0 Å². The van der Waals surface area contributed by atoms with E-state index in [1.807, 2.05) is 60.7 Å². The van der Waals surface area contributed by atoms with Crippen LogP contribution < -0.4 is 11.8 Å². The van der Waals surface area contributed by atoms with Gasteiger partial charge >= 0.3 is 15.6 Å². The van der Waals surface area contributed by atoms with E-state index in [2.05, 4.69) is 20.1 Å². The Morgan fingerprint density at radius 2 is 1.03 bits per heavy atom. The van der Waals surface area contributed by atoms with Crippen molar-refractivity contribution in [3.63, 3.8) is 0 Å². The Kier molecular flexibility index (Phi) is 16.0. The molecule has 0 fully saturated rings. The van der Waals surface area contributed by atoms with Gasteiger partial charge in [0.2, 0.25) is 0 Å². The number of hydrogen-bond donors (Lipinski definition) is 4. The number of nitrogens with two attached hydrogens (primary N) is 2. The first kappa shape index (κ1) is 30.5. The van der Waals surface area contributed by atoms with Crippen LogP contribution in [0.4, 0.5) is 0 Å². The van der Waals surface area contributed by atoms with Crippen LogP contribution >= 0.6 is 15.6 Å². The van der Waals surface area contributed by atoms with Gasteiger partial charge < -0.3 is 19.5 Å². The molecule has 0 saturated heterocycles. The molecule has 0 bridgehead atoms. The highest BCUT2D eigenvalue weighted by atomic mass is 31.2. The first-order valence-corrected chi connectivity index (χ1v) is 13.2. The van der Waals surface area contributed by atoms with Crippen LogP contribution in [0.5, 0.6) is 0 Å². The summed E-state index contributed by atoms with van der Waals surface area (Å²) in [6.45, 7) is 0.914. The smallest absolute Gasteiger partial charge is 0.305 e. The summed E-state index contributed by atoms with van der Waals surface area (Å²) in [4.78, 5) is 24.9. The first-order chi connectivity index (χ1) is 16.3. The average Bonchev–Trinajstić information content (AvgIpc) is 2.83. The number of phosphoric ester groups is 2. The third kappa shape index (κ3) is 16.2. The normalized spacial score (nSPS) is 11.6. The van der Waals surface area contributed by atoms with Crippen LogP contribution in [-0.4, -0.2) is 36.2 Å². The van der Waals surface area contributed by atoms with Crippen molar-refractivity contribution in [1.29, 1.82) is 0 Å². The molecular weight excluding hydrogens is 490 g/mol. The largest absolute Gasteiger partial charge is 0.475 e. The Morgan fingerprint density at radius 3 is 1.41 bits per heavy atom. The predicted molar refractivity (Wildman–Crippen MR) is 124 cm³/mol. The molecule has 0 spiro atoms. The molecule has 0 heterocycles. The number of benzene rings is 2. The molecule has 0 radical (unpaired) electrons. The standard InChI is InChI=1S/C17H22NO5P.C3H10NO5P/c18-20-12-7-13-21-24(19,22-14-16-8-3-1-4-9-16)23-15-17-10-5-2-6-11-17;4-8-2-1-3-9-10(5,6)7/h1-6,8-11H,7,12-15,18H2;1-4H2,(H2,5,6,7). The van der Waals surface area contributed by atoms with E-state index in [0.717, 1.165) is 11.1 Å². The molecule has 2 aromatic rings. The van der Waals surface area contributed by atoms with Crippen molar-refractivity contribution in [1.82, 2.24) is 0 Å². The van der Waals surface area contributed by atoms with Gasteiger partial charge in [-0.05, 0) is 24.0 Å². The number of phosphoric acid groups is 2. The van der Waals surface area contributed by atoms with Gasteiger partial charge in [-0.25, -0.2) is 20.9 Å². The fourth-order valence-electron chi connectivity index (χ4n) is 2.21. The summed E-state index contributed by atoms with van der Waals surface area (Å²) < 4.78 is 43.1. The minimum atomic E-state index is -4.30. The van der Waals surface area contributed by atoms with Crippen LogP contribution in [0.2, 0.25) is 0 Å². The van der Waals surface area contributed by atoms with Gasteiger partial charge in [0, 0.05) is 0 Å². The van der Waals surface area contributed by atoms with Gasteiger partial charge in [-0.1, -0.05) is 60.7 Å². The monoisotopic (exact) mass is 522 g/mol. The highest BCUT2D eigenvalue weighted by Gasteiger charge is 2.27. The molecule has 0 aliphatic carbocycles. The maximum absolute atomic E-state index is 12.8. The minimum Gasteiger partial charge on any atom is -0.305 e. The maximum Gasteiger partial charge on any atom is 0.475 e. The summed E-state index contributed by atoms with van der Waals surface area (Å²) >= 11 is 0. The van der Waals surface area contributed by atoms with Gasteiger partial charge in [0.15, 0.2) is 0 Å². The SMILES string of the molecule is NOCCCOP(=O)(O)O.NOCCCOP(=O)(OCc1ccccc1)OCc1ccccc1. The van der Waals surface area contributed by atoms with Gasteiger partial charge in [-0.3, -0.25) is 18.1 Å². The second kappa shape index (κ2) is 17.9. The molecule has 34 heavy (non-hydrogen) atoms. The van der Waals surface area contributed by atoms with Crippen LogP contribution in [-0.2, 0) is 50.1 Å². The molecule has 0 unspecified atom stereocenters. The lowest BCUT2D eigenvalue weighted by Gasteiger charge is -2.18. The van der Waals surface area contributed by atoms with Crippen molar-refractivity contribution in [3.8, 4) is 0 Å². The fraction of sp³-hybridized carbons (Fsp3) is 0.400. The molecule has 12 nitrogen and oxygen atoms in total. The molecule has 2 rings (SSSR count). The first-order valence-electron chi connectivity index (χ1n) is 10.2. The molecule has 0 atom stereocenters. The molecule has 6 N–H and O–H groups in total. The summed E-state index contributed by atoms with van der Waals surface area (Å²) in [6.07, 6.45) is 0.853. The van der Waals surface area contributed by atoms with Crippen LogP contribution in [0.1, 0.15) is 24.0 Å². The quantitative estimate of drug-likeness (QED) is 0.144. The predicted octanol–water partition coefficient (Wildman–Crippen LogP) is 3.20. The Bertz CT molecular complexity index is 807. The van der Waals surface area contributed by atoms with E-state index in [1.165, 1.54) is 0 Å². The van der Waals surface area contributed by atoms with E-state index >= 15 is 0 Å². The summed E-state index contributed by atoms with van der Waals surface area (Å²) in [7, 11) is -7.99. The van der Waals surface area contributed by atoms with Gasteiger partial charge in [-0.2, -0.15) is 0 Å². The molecule has 0 saturated carbocycles. The zero-order valence-corrected chi connectivity index (χ0v) is 20.4. The topological polar surface area (TPSA) is 182 Å². The number of rotatable bonds is 16. The second-order valence-corrected chi connectivity index (χ2v) is 9.48. The van der Waals surface area contributed by atoms with Crippen LogP contribution in [0, 0.1) is 0 Å². The number of hydrogen-bond acceptors (Lipinski definition) is 10. The highest BCUT2D eigenvalue weighted by Crippen LogP contribution is 2.51. The van der Waals surface area contributed by atoms with Crippen molar-refractivity contribution < 1.29 is 46.7 Å². The van der Waals surface area contributed by atoms with Gasteiger partial charge in [0.05, 0.1) is 39.6 Å². The molecule has 0 aromatic heterocycles. The molecule has 0 aliphatic rings. The van der Waals surface area contributed by atoms with Crippen molar-refractivity contribution in [2.75, 3.05) is 26.4 Å². The van der Waals surface area contributed by atoms with Crippen LogP contribution in [0.15, 0.2) is 60.7 Å². The van der Waals surface area contributed by atoms with Crippen molar-refractivity contribution >= 4 is 15.6 Å². The zero-order valence-electron chi connectivity index (χ0n) is 18.6. The molecule has 192 valence electrons. The Hall–Kier alpha value is -1.50. The van der Waals surface area contributed by atoms with Gasteiger partial charge in [0.1, 0.15) is 0 Å². The third-order valence-corrected chi connectivity index (χ3v) is 5.69. The zero-order chi connectivity index (χ0) is 25.1. The Morgan fingerprint density at radius 1 is 0.618 bits per heavy atom. The lowest BCUT2D eigenvalue weighted by molar-refractivity contribution is 0.0837. The summed E-state index contributed by atoms with van der Waals surface area (Å²) in [5.41, 5.74) is 1.77. The van der Waals surface area contributed by atoms with E-state index in [0.29, 0.717) is 19.4 Å². The molecule has 14 heteroatoms. The van der Waals surface area contributed by atoms with Crippen molar-refractivity contribution in [2.45, 2.75) is 26.1 Å². The second-order valence-electron chi connectivity index (χ2n) is 6.57. The molecule has 2 aromatic carbocycles. The van der Waals surface area contributed by atoms with Gasteiger partial charge in [-0.15, -0.1) is 0 Å². The van der Waals surface area contributed by atoms with Crippen molar-refractivity contribution in [2.24, 2.45) is 11.8 Å². The van der Waals surface area contributed by atoms with E-state index in [4.69, 9.17) is 29.3 Å². The van der Waals surface area contributed by atoms with E-state index in [1.54, 1.807) is 0 Å². The lowest BCUT2D eigenvalue weighted by atomic mass is 10.2. The average molecular weight is 522 g/mol. The lowest BCUT2D eigenvalue weighted by Crippen LogP contribution is -2.06. The van der Waals surface area contributed by atoms with Crippen molar-refractivity contribution in [3.05, 3.63) is 71.8 Å². The van der Waals surface area contributed by atoms with Gasteiger partial charge in [0.25, 0.3) is 0 Å². The highest BCUT2D eigenvalue weighted by molar-refractivity contribution is 7.48. The van der Waals surface area contributed by atoms with E-state index in [-0.39, 0.29) is 33.0 Å². The van der Waals surface area contributed by atoms with Crippen LogP contribution in [0.25, 0.3) is 0 Å². The molecule has 0 aliphatic heterocycles. The van der Waals surface area contributed by atoms with E-state index in [9.17, 15) is 9.13 Å². The third-order valence-electron chi connectivity index (χ3n) is 3.79. The minimum absolute atomic E-state index is 0.0541. The summed E-state index contributed by atoms with van der Waals surface area (Å²) in [5.74, 6) is 9.59. The Labute approximate surface area is 198 Å². The summed E-state index contributed by atoms with van der Waals surface area (Å²) in [5, 5.41) is 0. The fourth-order valence-corrected chi connectivity index (χ4v) is 3.77. The van der Waals surface area contributed by atoms with E-state index < -0.39 is 15.6 Å². The molecular formula is C20H32N2O10P2. The Balaban J connectivity index is 0.000000489. The maximum atomic E-state index is 12.8. The summed E-state index contributed by atoms with van der Waals surface area (Å²) in [6, 6.07) is 18.8. The molecule has 0 amide bonds.